The minimum absolute atomic E-state index is 0.0470. The fraction of sp³-hybridized carbons (Fsp3) is 0.364. The van der Waals surface area contributed by atoms with E-state index in [1.807, 2.05) is 6.07 Å². The van der Waals surface area contributed by atoms with E-state index in [1.165, 1.54) is 6.92 Å². The molecule has 15 heavy (non-hydrogen) atoms. The number of aliphatic hydroxyl groups is 2. The van der Waals surface area contributed by atoms with E-state index >= 15 is 0 Å². The standard InChI is InChI=1S/C11H15NO3/c1-8(13)12-7-10(14)11(15)9-5-3-2-4-6-9/h2-6,10-11,14-15H,7H2,1H3,(H,12,13). The third-order valence-corrected chi connectivity index (χ3v) is 2.07. The largest absolute Gasteiger partial charge is 0.388 e. The Balaban J connectivity index is 2.53. The van der Waals surface area contributed by atoms with Gasteiger partial charge in [0.2, 0.25) is 5.91 Å². The number of hydrogen-bond acceptors (Lipinski definition) is 3. The molecule has 4 heteroatoms. The van der Waals surface area contributed by atoms with E-state index in [4.69, 9.17) is 0 Å². The van der Waals surface area contributed by atoms with Crippen LogP contribution in [0.3, 0.4) is 0 Å². The van der Waals surface area contributed by atoms with Gasteiger partial charge in [-0.15, -0.1) is 0 Å². The van der Waals surface area contributed by atoms with Gasteiger partial charge in [-0.3, -0.25) is 4.79 Å². The maximum atomic E-state index is 10.6. The SMILES string of the molecule is CC(=O)NCC(O)C(O)c1ccccc1. The molecule has 0 saturated carbocycles. The Labute approximate surface area is 88.6 Å². The van der Waals surface area contributed by atoms with E-state index in [2.05, 4.69) is 5.32 Å². The van der Waals surface area contributed by atoms with Crippen LogP contribution in [-0.2, 0) is 4.79 Å². The van der Waals surface area contributed by atoms with E-state index in [-0.39, 0.29) is 12.5 Å². The summed E-state index contributed by atoms with van der Waals surface area (Å²) in [5, 5.41) is 21.7. The Morgan fingerprint density at radius 3 is 2.47 bits per heavy atom. The van der Waals surface area contributed by atoms with Gasteiger partial charge in [0.1, 0.15) is 12.2 Å². The second-order valence-electron chi connectivity index (χ2n) is 3.36. The third kappa shape index (κ3) is 3.69. The van der Waals surface area contributed by atoms with Crippen LogP contribution in [0.5, 0.6) is 0 Å². The molecule has 4 nitrogen and oxygen atoms in total. The topological polar surface area (TPSA) is 69.6 Å². The first kappa shape index (κ1) is 11.7. The molecule has 0 aliphatic carbocycles. The van der Waals surface area contributed by atoms with Gasteiger partial charge in [-0.1, -0.05) is 30.3 Å². The maximum absolute atomic E-state index is 10.6. The number of carbonyl (C=O) groups is 1. The predicted molar refractivity (Wildman–Crippen MR) is 56.1 cm³/mol. The molecule has 1 aromatic rings. The third-order valence-electron chi connectivity index (χ3n) is 2.07. The smallest absolute Gasteiger partial charge is 0.216 e. The monoisotopic (exact) mass is 209 g/mol. The minimum atomic E-state index is -0.990. The minimum Gasteiger partial charge on any atom is -0.388 e. The lowest BCUT2D eigenvalue weighted by atomic mass is 10.0. The van der Waals surface area contributed by atoms with Crippen molar-refractivity contribution in [1.29, 1.82) is 0 Å². The zero-order chi connectivity index (χ0) is 11.3. The molecule has 0 heterocycles. The van der Waals surface area contributed by atoms with Crippen molar-refractivity contribution < 1.29 is 15.0 Å². The molecular formula is C11H15NO3. The van der Waals surface area contributed by atoms with Crippen molar-refractivity contribution in [2.24, 2.45) is 0 Å². The second-order valence-corrected chi connectivity index (χ2v) is 3.36. The Kier molecular flexibility index (Phi) is 4.27. The maximum Gasteiger partial charge on any atom is 0.216 e. The van der Waals surface area contributed by atoms with Gasteiger partial charge >= 0.3 is 0 Å². The molecule has 1 amide bonds. The van der Waals surface area contributed by atoms with Crippen LogP contribution in [0.15, 0.2) is 30.3 Å². The first-order valence-corrected chi connectivity index (χ1v) is 4.77. The summed E-state index contributed by atoms with van der Waals surface area (Å²) in [4.78, 5) is 10.6. The highest BCUT2D eigenvalue weighted by Crippen LogP contribution is 2.15. The highest BCUT2D eigenvalue weighted by atomic mass is 16.3. The molecule has 0 aromatic heterocycles. The molecule has 0 fully saturated rings. The van der Waals surface area contributed by atoms with Crippen molar-refractivity contribution in [3.05, 3.63) is 35.9 Å². The van der Waals surface area contributed by atoms with Gasteiger partial charge in [-0.05, 0) is 5.56 Å². The van der Waals surface area contributed by atoms with Crippen molar-refractivity contribution in [1.82, 2.24) is 5.32 Å². The molecule has 1 aromatic carbocycles. The van der Waals surface area contributed by atoms with Crippen LogP contribution >= 0.6 is 0 Å². The average molecular weight is 209 g/mol. The summed E-state index contributed by atoms with van der Waals surface area (Å²) in [6.07, 6.45) is -1.96. The Morgan fingerprint density at radius 1 is 1.33 bits per heavy atom. The molecule has 3 N–H and O–H groups in total. The summed E-state index contributed by atoms with van der Waals surface area (Å²) < 4.78 is 0. The average Bonchev–Trinajstić information content (AvgIpc) is 2.26. The first-order chi connectivity index (χ1) is 7.11. The molecule has 2 unspecified atom stereocenters. The van der Waals surface area contributed by atoms with E-state index in [1.54, 1.807) is 24.3 Å². The van der Waals surface area contributed by atoms with E-state index in [9.17, 15) is 15.0 Å². The van der Waals surface area contributed by atoms with E-state index in [0.29, 0.717) is 5.56 Å². The Hall–Kier alpha value is -1.39. The second kappa shape index (κ2) is 5.48. The number of benzene rings is 1. The normalized spacial score (nSPS) is 14.3. The van der Waals surface area contributed by atoms with Crippen molar-refractivity contribution in [2.45, 2.75) is 19.1 Å². The van der Waals surface area contributed by atoms with Crippen LogP contribution in [0.1, 0.15) is 18.6 Å². The summed E-state index contributed by atoms with van der Waals surface area (Å²) in [6, 6.07) is 8.84. The number of nitrogens with one attached hydrogen (secondary N) is 1. The van der Waals surface area contributed by atoms with Gasteiger partial charge in [0.15, 0.2) is 0 Å². The van der Waals surface area contributed by atoms with Crippen LogP contribution in [-0.4, -0.2) is 28.8 Å². The summed E-state index contributed by atoms with van der Waals surface area (Å²) in [6.45, 7) is 1.41. The van der Waals surface area contributed by atoms with Crippen molar-refractivity contribution in [2.75, 3.05) is 6.54 Å². The zero-order valence-corrected chi connectivity index (χ0v) is 8.55. The van der Waals surface area contributed by atoms with Crippen molar-refractivity contribution in [3.8, 4) is 0 Å². The molecule has 2 atom stereocenters. The molecule has 0 aliphatic heterocycles. The van der Waals surface area contributed by atoms with Crippen molar-refractivity contribution in [3.63, 3.8) is 0 Å². The van der Waals surface area contributed by atoms with Crippen LogP contribution in [0.25, 0.3) is 0 Å². The van der Waals surface area contributed by atoms with Gasteiger partial charge < -0.3 is 15.5 Å². The highest BCUT2D eigenvalue weighted by molar-refractivity contribution is 5.72. The van der Waals surface area contributed by atoms with Gasteiger partial charge in [-0.2, -0.15) is 0 Å². The number of hydrogen-bond donors (Lipinski definition) is 3. The van der Waals surface area contributed by atoms with Gasteiger partial charge in [0, 0.05) is 13.5 Å². The van der Waals surface area contributed by atoms with Gasteiger partial charge in [0.05, 0.1) is 0 Å². The number of rotatable bonds is 4. The van der Waals surface area contributed by atoms with E-state index < -0.39 is 12.2 Å². The summed E-state index contributed by atoms with van der Waals surface area (Å²) in [5.41, 5.74) is 0.635. The first-order valence-electron chi connectivity index (χ1n) is 4.77. The summed E-state index contributed by atoms with van der Waals surface area (Å²) in [5.74, 6) is -0.227. The molecule has 0 saturated heterocycles. The lowest BCUT2D eigenvalue weighted by molar-refractivity contribution is -0.119. The summed E-state index contributed by atoms with van der Waals surface area (Å²) >= 11 is 0. The molecule has 0 bridgehead atoms. The number of carbonyl (C=O) groups excluding carboxylic acids is 1. The van der Waals surface area contributed by atoms with E-state index in [0.717, 1.165) is 0 Å². The molecule has 1 rings (SSSR count). The molecule has 82 valence electrons. The Morgan fingerprint density at radius 2 is 1.93 bits per heavy atom. The zero-order valence-electron chi connectivity index (χ0n) is 8.55. The van der Waals surface area contributed by atoms with Crippen LogP contribution in [0.4, 0.5) is 0 Å². The molecular weight excluding hydrogens is 194 g/mol. The Bertz CT molecular complexity index is 313. The molecule has 0 radical (unpaired) electrons. The van der Waals surface area contributed by atoms with Crippen LogP contribution in [0, 0.1) is 0 Å². The molecule has 0 spiro atoms. The predicted octanol–water partition coefficient (Wildman–Crippen LogP) is 0.217. The highest BCUT2D eigenvalue weighted by Gasteiger charge is 2.17. The van der Waals surface area contributed by atoms with Crippen molar-refractivity contribution >= 4 is 5.91 Å². The summed E-state index contributed by atoms with van der Waals surface area (Å²) in [7, 11) is 0. The number of amides is 1. The van der Waals surface area contributed by atoms with Crippen LogP contribution < -0.4 is 5.32 Å². The van der Waals surface area contributed by atoms with Gasteiger partial charge in [-0.25, -0.2) is 0 Å². The quantitative estimate of drug-likeness (QED) is 0.664. The fourth-order valence-corrected chi connectivity index (χ4v) is 1.23. The lowest BCUT2D eigenvalue weighted by Crippen LogP contribution is -2.34. The van der Waals surface area contributed by atoms with Crippen LogP contribution in [0.2, 0.25) is 0 Å². The van der Waals surface area contributed by atoms with Gasteiger partial charge in [0.25, 0.3) is 0 Å². The number of aliphatic hydroxyl groups excluding tert-OH is 2. The lowest BCUT2D eigenvalue weighted by Gasteiger charge is -2.18. The molecule has 0 aliphatic rings. The fourth-order valence-electron chi connectivity index (χ4n) is 1.23.